The van der Waals surface area contributed by atoms with Gasteiger partial charge in [-0.25, -0.2) is 0 Å². The van der Waals surface area contributed by atoms with E-state index in [-0.39, 0.29) is 36.4 Å². The highest BCUT2D eigenvalue weighted by Crippen LogP contribution is 2.30. The normalized spacial score (nSPS) is 15.0. The summed E-state index contributed by atoms with van der Waals surface area (Å²) in [6.45, 7) is 7.13. The molecule has 0 saturated carbocycles. The minimum Gasteiger partial charge on any atom is -0.461 e. The third-order valence-corrected chi connectivity index (χ3v) is 7.01. The van der Waals surface area contributed by atoms with Gasteiger partial charge >= 0.3 is 5.97 Å². The van der Waals surface area contributed by atoms with Crippen LogP contribution in [0.15, 0.2) is 54.6 Å². The third kappa shape index (κ3) is 6.94. The van der Waals surface area contributed by atoms with E-state index in [0.717, 1.165) is 18.4 Å². The summed E-state index contributed by atoms with van der Waals surface area (Å²) in [6, 6.07) is 17.7. The van der Waals surface area contributed by atoms with Gasteiger partial charge in [0.1, 0.15) is 6.61 Å². The summed E-state index contributed by atoms with van der Waals surface area (Å²) in [4.78, 5) is 40.4. The number of esters is 1. The molecule has 2 aromatic carbocycles. The van der Waals surface area contributed by atoms with Crippen molar-refractivity contribution in [3.05, 3.63) is 71.3 Å². The second-order valence-electron chi connectivity index (χ2n) is 9.93. The number of carbonyl (C=O) groups is 3. The quantitative estimate of drug-likeness (QED) is 0.524. The van der Waals surface area contributed by atoms with Crippen molar-refractivity contribution in [2.45, 2.75) is 59.1 Å². The van der Waals surface area contributed by atoms with Crippen LogP contribution in [0.4, 0.5) is 0 Å². The van der Waals surface area contributed by atoms with E-state index in [9.17, 15) is 14.4 Å². The number of rotatable bonds is 9. The van der Waals surface area contributed by atoms with Crippen LogP contribution < -0.4 is 5.32 Å². The van der Waals surface area contributed by atoms with Crippen molar-refractivity contribution in [3.63, 3.8) is 0 Å². The number of likely N-dealkylation sites (tertiary alicyclic amines) is 1. The average Bonchev–Trinajstić information content (AvgIpc) is 2.91. The van der Waals surface area contributed by atoms with Gasteiger partial charge in [-0.2, -0.15) is 5.26 Å². The highest BCUT2D eigenvalue weighted by atomic mass is 16.5. The molecular weight excluding hydrogens is 454 g/mol. The lowest BCUT2D eigenvalue weighted by Gasteiger charge is -2.40. The van der Waals surface area contributed by atoms with E-state index in [2.05, 4.69) is 5.32 Å². The number of benzene rings is 2. The molecule has 2 amide bonds. The number of ether oxygens (including phenoxy) is 1. The predicted molar refractivity (Wildman–Crippen MR) is 137 cm³/mol. The van der Waals surface area contributed by atoms with Crippen LogP contribution in [0.3, 0.4) is 0 Å². The summed E-state index contributed by atoms with van der Waals surface area (Å²) in [5, 5.41) is 12.0. The second kappa shape index (κ2) is 12.3. The van der Waals surface area contributed by atoms with Crippen LogP contribution in [0.1, 0.15) is 67.9 Å². The van der Waals surface area contributed by atoms with Crippen LogP contribution in [0.25, 0.3) is 0 Å². The summed E-state index contributed by atoms with van der Waals surface area (Å²) in [7, 11) is 0. The van der Waals surface area contributed by atoms with Crippen LogP contribution >= 0.6 is 0 Å². The number of nitrogens with zero attached hydrogens (tertiary/aromatic N) is 2. The van der Waals surface area contributed by atoms with E-state index >= 15 is 0 Å². The number of nitriles is 1. The van der Waals surface area contributed by atoms with Crippen molar-refractivity contribution >= 4 is 17.8 Å². The maximum absolute atomic E-state index is 13.5. The molecule has 36 heavy (non-hydrogen) atoms. The van der Waals surface area contributed by atoms with E-state index in [1.807, 2.05) is 62.1 Å². The molecule has 1 aliphatic rings. The van der Waals surface area contributed by atoms with Crippen molar-refractivity contribution in [1.29, 1.82) is 5.26 Å². The van der Waals surface area contributed by atoms with Gasteiger partial charge in [0, 0.05) is 31.1 Å². The Morgan fingerprint density at radius 2 is 1.72 bits per heavy atom. The molecule has 3 rings (SSSR count). The van der Waals surface area contributed by atoms with Gasteiger partial charge in [-0.05, 0) is 68.9 Å². The SMILES string of the molecule is CCC(NC(=O)c1ccc(C#N)cc1)C(C)(C)C(=O)N1CCC(CC(=O)OCc2ccccc2)CC1. The molecule has 0 spiro atoms. The highest BCUT2D eigenvalue weighted by Gasteiger charge is 2.40. The van der Waals surface area contributed by atoms with E-state index < -0.39 is 5.41 Å². The van der Waals surface area contributed by atoms with Gasteiger partial charge in [-0.15, -0.1) is 0 Å². The van der Waals surface area contributed by atoms with E-state index in [1.165, 1.54) is 0 Å². The summed E-state index contributed by atoms with van der Waals surface area (Å²) in [6.07, 6.45) is 2.45. The first-order valence-electron chi connectivity index (χ1n) is 12.5. The second-order valence-corrected chi connectivity index (χ2v) is 9.93. The Bertz CT molecular complexity index is 1080. The molecule has 0 aromatic heterocycles. The van der Waals surface area contributed by atoms with Gasteiger partial charge in [0.25, 0.3) is 5.91 Å². The first kappa shape index (κ1) is 26.9. The van der Waals surface area contributed by atoms with Crippen molar-refractivity contribution < 1.29 is 19.1 Å². The van der Waals surface area contributed by atoms with Crippen LogP contribution in [0.2, 0.25) is 0 Å². The smallest absolute Gasteiger partial charge is 0.306 e. The average molecular weight is 490 g/mol. The monoisotopic (exact) mass is 489 g/mol. The molecule has 7 nitrogen and oxygen atoms in total. The lowest BCUT2D eigenvalue weighted by molar-refractivity contribution is -0.147. The molecule has 1 N–H and O–H groups in total. The number of piperidine rings is 1. The summed E-state index contributed by atoms with van der Waals surface area (Å²) in [5.41, 5.74) is 1.11. The maximum Gasteiger partial charge on any atom is 0.306 e. The fourth-order valence-corrected chi connectivity index (χ4v) is 4.66. The van der Waals surface area contributed by atoms with Gasteiger partial charge < -0.3 is 15.0 Å². The third-order valence-electron chi connectivity index (χ3n) is 7.01. The largest absolute Gasteiger partial charge is 0.461 e. The first-order chi connectivity index (χ1) is 17.2. The van der Waals surface area contributed by atoms with Gasteiger partial charge in [-0.3, -0.25) is 14.4 Å². The zero-order valence-corrected chi connectivity index (χ0v) is 21.3. The molecule has 1 atom stereocenters. The Morgan fingerprint density at radius 1 is 1.08 bits per heavy atom. The Morgan fingerprint density at radius 3 is 2.31 bits per heavy atom. The molecular formula is C29H35N3O4. The summed E-state index contributed by atoms with van der Waals surface area (Å²) < 4.78 is 5.42. The van der Waals surface area contributed by atoms with Gasteiger partial charge in [0.05, 0.1) is 17.0 Å². The Hall–Kier alpha value is -3.66. The van der Waals surface area contributed by atoms with Gasteiger partial charge in [0.15, 0.2) is 0 Å². The van der Waals surface area contributed by atoms with Crippen molar-refractivity contribution in [1.82, 2.24) is 10.2 Å². The van der Waals surface area contributed by atoms with Crippen LogP contribution in [0, 0.1) is 22.7 Å². The van der Waals surface area contributed by atoms with Crippen molar-refractivity contribution in [2.75, 3.05) is 13.1 Å². The summed E-state index contributed by atoms with van der Waals surface area (Å²) in [5.74, 6) is -0.279. The fraction of sp³-hybridized carbons (Fsp3) is 0.448. The Labute approximate surface area is 213 Å². The van der Waals surface area contributed by atoms with Crippen LogP contribution in [-0.4, -0.2) is 41.8 Å². The van der Waals surface area contributed by atoms with E-state index in [4.69, 9.17) is 10.00 Å². The zero-order chi connectivity index (χ0) is 26.1. The van der Waals surface area contributed by atoms with E-state index in [1.54, 1.807) is 24.3 Å². The topological polar surface area (TPSA) is 99.5 Å². The maximum atomic E-state index is 13.5. The lowest BCUT2D eigenvalue weighted by Crippen LogP contribution is -2.54. The molecule has 0 radical (unpaired) electrons. The van der Waals surface area contributed by atoms with E-state index in [0.29, 0.717) is 37.1 Å². The first-order valence-corrected chi connectivity index (χ1v) is 12.5. The number of hydrogen-bond acceptors (Lipinski definition) is 5. The molecule has 7 heteroatoms. The Kier molecular flexibility index (Phi) is 9.24. The van der Waals surface area contributed by atoms with Crippen molar-refractivity contribution in [3.8, 4) is 6.07 Å². The minimum atomic E-state index is -0.793. The zero-order valence-electron chi connectivity index (χ0n) is 21.3. The Balaban J connectivity index is 1.50. The molecule has 0 aliphatic carbocycles. The minimum absolute atomic E-state index is 0.000387. The molecule has 190 valence electrons. The molecule has 1 heterocycles. The molecule has 1 aliphatic heterocycles. The summed E-state index contributed by atoms with van der Waals surface area (Å²) >= 11 is 0. The van der Waals surface area contributed by atoms with Crippen LogP contribution in [0.5, 0.6) is 0 Å². The molecule has 1 saturated heterocycles. The molecule has 1 unspecified atom stereocenters. The van der Waals surface area contributed by atoms with Gasteiger partial charge in [-0.1, -0.05) is 37.3 Å². The molecule has 1 fully saturated rings. The predicted octanol–water partition coefficient (Wildman–Crippen LogP) is 4.46. The standard InChI is InChI=1S/C29H35N3O4/c1-4-25(31-27(34)24-12-10-22(19-30)11-13-24)29(2,3)28(35)32-16-14-21(15-17-32)18-26(33)36-20-23-8-6-5-7-9-23/h5-13,21,25H,4,14-18,20H2,1-3H3,(H,31,34). The number of hydrogen-bond donors (Lipinski definition) is 1. The number of carbonyl (C=O) groups excluding carboxylic acids is 3. The molecule has 2 aromatic rings. The fourth-order valence-electron chi connectivity index (χ4n) is 4.66. The van der Waals surface area contributed by atoms with Crippen LogP contribution in [-0.2, 0) is 20.9 Å². The van der Waals surface area contributed by atoms with Crippen molar-refractivity contribution in [2.24, 2.45) is 11.3 Å². The highest BCUT2D eigenvalue weighted by molar-refractivity contribution is 5.95. The lowest BCUT2D eigenvalue weighted by atomic mass is 9.80. The molecule has 0 bridgehead atoms. The van der Waals surface area contributed by atoms with Gasteiger partial charge in [0.2, 0.25) is 5.91 Å². The number of amides is 2. The number of nitrogens with one attached hydrogen (secondary N) is 1.